The summed E-state index contributed by atoms with van der Waals surface area (Å²) in [5, 5.41) is 11.7. The zero-order valence-electron chi connectivity index (χ0n) is 16.4. The normalized spacial score (nSPS) is 14.2. The highest BCUT2D eigenvalue weighted by molar-refractivity contribution is 5.69. The van der Waals surface area contributed by atoms with Crippen LogP contribution in [0.5, 0.6) is 0 Å². The fourth-order valence-electron chi connectivity index (χ4n) is 3.00. The Hall–Kier alpha value is -2.89. The smallest absolute Gasteiger partial charge is 0.451 e. The van der Waals surface area contributed by atoms with Gasteiger partial charge in [0, 0.05) is 18.4 Å². The molecule has 0 unspecified atom stereocenters. The van der Waals surface area contributed by atoms with E-state index in [9.17, 15) is 31.1 Å². The minimum Gasteiger partial charge on any atom is -0.481 e. The minimum atomic E-state index is -4.77. The van der Waals surface area contributed by atoms with Crippen molar-refractivity contribution in [3.8, 4) is 0 Å². The maximum absolute atomic E-state index is 13.4. The summed E-state index contributed by atoms with van der Waals surface area (Å²) in [5.74, 6) is -2.96. The molecule has 170 valence electrons. The van der Waals surface area contributed by atoms with Gasteiger partial charge in [-0.15, -0.1) is 0 Å². The van der Waals surface area contributed by atoms with E-state index < -0.39 is 36.2 Å². The van der Waals surface area contributed by atoms with Gasteiger partial charge in [-0.3, -0.25) is 4.79 Å². The number of carboxylic acid groups (broad SMARTS) is 1. The van der Waals surface area contributed by atoms with Crippen LogP contribution in [-0.4, -0.2) is 34.3 Å². The third kappa shape index (κ3) is 6.29. The number of rotatable bonds is 8. The number of halogens is 6. The lowest BCUT2D eigenvalue weighted by Gasteiger charge is -2.24. The largest absolute Gasteiger partial charge is 0.481 e. The summed E-state index contributed by atoms with van der Waals surface area (Å²) in [6, 6.07) is 3.84. The van der Waals surface area contributed by atoms with Crippen LogP contribution in [0.1, 0.15) is 48.7 Å². The molecule has 1 aromatic heterocycles. The van der Waals surface area contributed by atoms with Crippen molar-refractivity contribution in [2.75, 3.05) is 12.4 Å². The SMILES string of the molecule is CC[C@H](CC(=O)O)c1ccc([C@@H](OC)C(F)(F)F)c(Nc2cnc(C(F)(F)F)nc2)c1. The Morgan fingerprint density at radius 3 is 2.23 bits per heavy atom. The van der Waals surface area contributed by atoms with Crippen molar-refractivity contribution in [1.82, 2.24) is 9.97 Å². The highest BCUT2D eigenvalue weighted by Gasteiger charge is 2.42. The van der Waals surface area contributed by atoms with Gasteiger partial charge in [0.05, 0.1) is 24.5 Å². The van der Waals surface area contributed by atoms with Gasteiger partial charge in [-0.2, -0.15) is 26.3 Å². The number of methoxy groups -OCH3 is 1. The average molecular weight is 451 g/mol. The van der Waals surface area contributed by atoms with Gasteiger partial charge in [-0.25, -0.2) is 9.97 Å². The monoisotopic (exact) mass is 451 g/mol. The Balaban J connectivity index is 2.51. The molecule has 2 N–H and O–H groups in total. The molecule has 1 aromatic carbocycles. The highest BCUT2D eigenvalue weighted by Crippen LogP contribution is 2.41. The number of anilines is 2. The van der Waals surface area contributed by atoms with E-state index in [1.54, 1.807) is 6.92 Å². The third-order valence-corrected chi connectivity index (χ3v) is 4.46. The van der Waals surface area contributed by atoms with E-state index in [1.165, 1.54) is 12.1 Å². The average Bonchev–Trinajstić information content (AvgIpc) is 2.66. The molecular weight excluding hydrogens is 432 g/mol. The Kier molecular flexibility index (Phi) is 7.47. The lowest BCUT2D eigenvalue weighted by Crippen LogP contribution is -2.23. The van der Waals surface area contributed by atoms with Gasteiger partial charge in [-0.1, -0.05) is 19.1 Å². The predicted molar refractivity (Wildman–Crippen MR) is 97.8 cm³/mol. The summed E-state index contributed by atoms with van der Waals surface area (Å²) >= 11 is 0. The van der Waals surface area contributed by atoms with Gasteiger partial charge in [-0.05, 0) is 24.0 Å². The summed E-state index contributed by atoms with van der Waals surface area (Å²) in [6.07, 6.45) is -10.1. The zero-order valence-corrected chi connectivity index (χ0v) is 16.4. The minimum absolute atomic E-state index is 0.0882. The molecule has 12 heteroatoms. The maximum atomic E-state index is 13.4. The standard InChI is InChI=1S/C19H19F6N3O3/c1-3-10(7-15(29)30)11-4-5-13(16(31-2)18(20,21)22)14(6-11)28-12-8-26-17(27-9-12)19(23,24)25/h4-6,8-10,16,28H,3,7H2,1-2H3,(H,29,30)/t10-,16-/m1/s1. The summed E-state index contributed by atoms with van der Waals surface area (Å²) in [7, 11) is 0.871. The zero-order chi connectivity index (χ0) is 23.4. The van der Waals surface area contributed by atoms with Crippen LogP contribution in [0.3, 0.4) is 0 Å². The molecule has 2 atom stereocenters. The molecule has 6 nitrogen and oxygen atoms in total. The van der Waals surface area contributed by atoms with Crippen LogP contribution in [0.4, 0.5) is 37.7 Å². The number of alkyl halides is 6. The van der Waals surface area contributed by atoms with Crippen molar-refractivity contribution in [3.63, 3.8) is 0 Å². The second-order valence-corrected chi connectivity index (χ2v) is 6.63. The molecule has 2 aromatic rings. The van der Waals surface area contributed by atoms with Crippen LogP contribution in [0.15, 0.2) is 30.6 Å². The number of ether oxygens (including phenoxy) is 1. The number of carboxylic acids is 1. The number of aromatic nitrogens is 2. The third-order valence-electron chi connectivity index (χ3n) is 4.46. The van der Waals surface area contributed by atoms with Crippen molar-refractivity contribution in [2.24, 2.45) is 0 Å². The molecule has 0 bridgehead atoms. The molecule has 0 saturated carbocycles. The molecule has 0 radical (unpaired) electrons. The Morgan fingerprint density at radius 2 is 1.77 bits per heavy atom. The maximum Gasteiger partial charge on any atom is 0.451 e. The van der Waals surface area contributed by atoms with E-state index in [0.717, 1.165) is 25.6 Å². The molecule has 0 aliphatic carbocycles. The fraction of sp³-hybridized carbons (Fsp3) is 0.421. The number of hydrogen-bond donors (Lipinski definition) is 2. The first-order chi connectivity index (χ1) is 14.4. The van der Waals surface area contributed by atoms with Gasteiger partial charge in [0.15, 0.2) is 6.10 Å². The highest BCUT2D eigenvalue weighted by atomic mass is 19.4. The van der Waals surface area contributed by atoms with Crippen molar-refractivity contribution in [1.29, 1.82) is 0 Å². The van der Waals surface area contributed by atoms with E-state index in [0.29, 0.717) is 12.0 Å². The number of nitrogens with one attached hydrogen (secondary N) is 1. The molecule has 0 aliphatic rings. The van der Waals surface area contributed by atoms with Crippen LogP contribution in [0, 0.1) is 0 Å². The lowest BCUT2D eigenvalue weighted by molar-refractivity contribution is -0.215. The summed E-state index contributed by atoms with van der Waals surface area (Å²) in [6.45, 7) is 1.73. The van der Waals surface area contributed by atoms with Crippen LogP contribution >= 0.6 is 0 Å². The first kappa shape index (κ1) is 24.4. The number of aliphatic carboxylic acids is 1. The molecule has 0 aliphatic heterocycles. The summed E-state index contributed by atoms with van der Waals surface area (Å²) in [4.78, 5) is 17.4. The van der Waals surface area contributed by atoms with E-state index in [-0.39, 0.29) is 23.4 Å². The van der Waals surface area contributed by atoms with E-state index in [1.807, 2.05) is 0 Å². The van der Waals surface area contributed by atoms with Gasteiger partial charge in [0.1, 0.15) is 0 Å². The van der Waals surface area contributed by atoms with E-state index >= 15 is 0 Å². The predicted octanol–water partition coefficient (Wildman–Crippen LogP) is 5.46. The summed E-state index contributed by atoms with van der Waals surface area (Å²) in [5.41, 5.74) is -0.0894. The first-order valence-corrected chi connectivity index (χ1v) is 8.98. The van der Waals surface area contributed by atoms with Gasteiger partial charge < -0.3 is 15.2 Å². The van der Waals surface area contributed by atoms with Crippen molar-refractivity contribution >= 4 is 17.3 Å². The lowest BCUT2D eigenvalue weighted by atomic mass is 9.91. The molecule has 31 heavy (non-hydrogen) atoms. The quantitative estimate of drug-likeness (QED) is 0.519. The van der Waals surface area contributed by atoms with Crippen LogP contribution in [-0.2, 0) is 15.7 Å². The number of carbonyl (C=O) groups is 1. The first-order valence-electron chi connectivity index (χ1n) is 8.98. The second kappa shape index (κ2) is 9.50. The van der Waals surface area contributed by atoms with Crippen LogP contribution in [0.2, 0.25) is 0 Å². The molecular formula is C19H19F6N3O3. The van der Waals surface area contributed by atoms with Gasteiger partial charge >= 0.3 is 18.3 Å². The Bertz CT molecular complexity index is 900. The van der Waals surface area contributed by atoms with Crippen molar-refractivity contribution in [3.05, 3.63) is 47.5 Å². The molecule has 0 saturated heterocycles. The van der Waals surface area contributed by atoms with Crippen LogP contribution in [0.25, 0.3) is 0 Å². The van der Waals surface area contributed by atoms with E-state index in [4.69, 9.17) is 5.11 Å². The Labute approximate surface area is 173 Å². The molecule has 1 heterocycles. The number of hydrogen-bond acceptors (Lipinski definition) is 5. The number of nitrogens with zero attached hydrogens (tertiary/aromatic N) is 2. The second-order valence-electron chi connectivity index (χ2n) is 6.63. The number of benzene rings is 1. The van der Waals surface area contributed by atoms with Gasteiger partial charge in [0.2, 0.25) is 5.82 Å². The van der Waals surface area contributed by atoms with Crippen LogP contribution < -0.4 is 5.32 Å². The summed E-state index contributed by atoms with van der Waals surface area (Å²) < 4.78 is 82.8. The Morgan fingerprint density at radius 1 is 1.16 bits per heavy atom. The van der Waals surface area contributed by atoms with Crippen molar-refractivity contribution in [2.45, 2.75) is 44.1 Å². The van der Waals surface area contributed by atoms with Gasteiger partial charge in [0.25, 0.3) is 0 Å². The molecule has 0 spiro atoms. The molecule has 0 fully saturated rings. The molecule has 2 rings (SSSR count). The fourth-order valence-corrected chi connectivity index (χ4v) is 3.00. The van der Waals surface area contributed by atoms with Crippen molar-refractivity contribution < 1.29 is 41.0 Å². The van der Waals surface area contributed by atoms with E-state index in [2.05, 4.69) is 20.0 Å². The topological polar surface area (TPSA) is 84.3 Å². The molecule has 0 amide bonds.